The lowest BCUT2D eigenvalue weighted by atomic mass is 10.3. The van der Waals surface area contributed by atoms with Gasteiger partial charge in [0.2, 0.25) is 0 Å². The van der Waals surface area contributed by atoms with E-state index in [-0.39, 0.29) is 24.0 Å². The van der Waals surface area contributed by atoms with Crippen molar-refractivity contribution in [3.63, 3.8) is 0 Å². The second-order valence-corrected chi connectivity index (χ2v) is 3.06. The van der Waals surface area contributed by atoms with E-state index in [1.54, 1.807) is 0 Å². The van der Waals surface area contributed by atoms with Crippen LogP contribution in [0.5, 0.6) is 0 Å². The van der Waals surface area contributed by atoms with Crippen LogP contribution in [0.15, 0.2) is 0 Å². The van der Waals surface area contributed by atoms with Crippen LogP contribution in [0.3, 0.4) is 0 Å². The van der Waals surface area contributed by atoms with Crippen LogP contribution < -0.4 is 34.8 Å². The predicted octanol–water partition coefficient (Wildman–Crippen LogP) is -3.85. The number of hydrogen-bond acceptors (Lipinski definition) is 3. The van der Waals surface area contributed by atoms with E-state index in [9.17, 15) is 0 Å². The van der Waals surface area contributed by atoms with E-state index >= 15 is 0 Å². The Kier molecular flexibility index (Phi) is 16.3. The lowest BCUT2D eigenvalue weighted by Crippen LogP contribution is -3.00. The van der Waals surface area contributed by atoms with Gasteiger partial charge in [0.15, 0.2) is 0 Å². The van der Waals surface area contributed by atoms with Crippen molar-refractivity contribution in [2.45, 2.75) is 20.8 Å². The van der Waals surface area contributed by atoms with E-state index in [0.717, 1.165) is 30.7 Å². The van der Waals surface area contributed by atoms with Crippen LogP contribution in [0.4, 0.5) is 4.79 Å². The van der Waals surface area contributed by atoms with Gasteiger partial charge in [0.1, 0.15) is 12.6 Å². The van der Waals surface area contributed by atoms with Gasteiger partial charge in [0, 0.05) is 0 Å². The normalized spacial score (nSPS) is 9.60. The van der Waals surface area contributed by atoms with Crippen LogP contribution in [-0.2, 0) is 0 Å². The molecule has 0 aromatic rings. The van der Waals surface area contributed by atoms with Gasteiger partial charge in [-0.3, -0.25) is 0 Å². The molecule has 15 heavy (non-hydrogen) atoms. The van der Waals surface area contributed by atoms with E-state index < -0.39 is 6.09 Å². The summed E-state index contributed by atoms with van der Waals surface area (Å²) in [5.74, 6) is 0. The molecular formula is C9H22IN2O3-. The fourth-order valence-corrected chi connectivity index (χ4v) is 1.36. The van der Waals surface area contributed by atoms with Crippen LogP contribution in [0.1, 0.15) is 20.8 Å². The molecule has 0 aliphatic rings. The minimum absolute atomic E-state index is 0. The van der Waals surface area contributed by atoms with Crippen molar-refractivity contribution in [1.82, 2.24) is 0 Å². The number of quaternary nitrogens is 1. The molecule has 0 saturated carbocycles. The highest BCUT2D eigenvalue weighted by Crippen LogP contribution is 2.03. The highest BCUT2D eigenvalue weighted by molar-refractivity contribution is 5.58. The molecular weight excluding hydrogens is 311 g/mol. The highest BCUT2D eigenvalue weighted by atomic mass is 127. The Morgan fingerprint density at radius 2 is 1.53 bits per heavy atom. The molecule has 0 aliphatic heterocycles. The summed E-state index contributed by atoms with van der Waals surface area (Å²) in [7, 11) is 0. The molecule has 0 atom stereocenters. The number of hydrogen-bond donors (Lipinski definition) is 2. The number of carboxylic acid groups (broad SMARTS) is 1. The Balaban J connectivity index is -0.000000249. The molecule has 1 amide bonds. The van der Waals surface area contributed by atoms with E-state index in [4.69, 9.17) is 15.0 Å². The zero-order valence-corrected chi connectivity index (χ0v) is 11.9. The molecule has 0 aliphatic carbocycles. The number of primary amides is 1. The maximum Gasteiger partial charge on any atom is 0.131 e. The first-order chi connectivity index (χ1) is 6.47. The number of halogens is 1. The van der Waals surface area contributed by atoms with Gasteiger partial charge in [-0.15, -0.1) is 0 Å². The molecule has 0 fully saturated rings. The lowest BCUT2D eigenvalue weighted by Gasteiger charge is -2.34. The fourth-order valence-electron chi connectivity index (χ4n) is 1.36. The quantitative estimate of drug-likeness (QED) is 0.399. The second-order valence-electron chi connectivity index (χ2n) is 3.06. The zero-order valence-electron chi connectivity index (χ0n) is 9.70. The number of aliphatic hydroxyl groups is 1. The van der Waals surface area contributed by atoms with Crippen LogP contribution in [-0.4, -0.2) is 48.5 Å². The number of aliphatic hydroxyl groups excluding tert-OH is 1. The van der Waals surface area contributed by atoms with E-state index in [0.29, 0.717) is 6.61 Å². The molecule has 0 unspecified atom stereocenters. The van der Waals surface area contributed by atoms with Crippen LogP contribution in [0.2, 0.25) is 0 Å². The maximum atomic E-state index is 8.78. The summed E-state index contributed by atoms with van der Waals surface area (Å²) in [6.07, 6.45) is -1.58. The van der Waals surface area contributed by atoms with Crippen molar-refractivity contribution in [2.24, 2.45) is 5.73 Å². The summed E-state index contributed by atoms with van der Waals surface area (Å²) < 4.78 is 1.05. The molecule has 0 saturated heterocycles. The largest absolute Gasteiger partial charge is 1.00 e. The van der Waals surface area contributed by atoms with Crippen LogP contribution in [0, 0.1) is 0 Å². The van der Waals surface area contributed by atoms with Gasteiger partial charge in [-0.05, 0) is 20.8 Å². The van der Waals surface area contributed by atoms with Crippen LogP contribution in [0.25, 0.3) is 0 Å². The molecule has 5 nitrogen and oxygen atoms in total. The van der Waals surface area contributed by atoms with Gasteiger partial charge >= 0.3 is 0 Å². The number of amides is 1. The molecule has 6 heteroatoms. The highest BCUT2D eigenvalue weighted by Gasteiger charge is 2.18. The monoisotopic (exact) mass is 333 g/mol. The second kappa shape index (κ2) is 12.0. The summed E-state index contributed by atoms with van der Waals surface area (Å²) in [6.45, 7) is 11.2. The van der Waals surface area contributed by atoms with Gasteiger partial charge in [0.25, 0.3) is 0 Å². The van der Waals surface area contributed by atoms with Crippen molar-refractivity contribution in [3.8, 4) is 0 Å². The molecule has 3 N–H and O–H groups in total. The zero-order chi connectivity index (χ0) is 11.6. The number of carbonyl (C=O) groups is 1. The predicted molar refractivity (Wildman–Crippen MR) is 53.4 cm³/mol. The Morgan fingerprint density at radius 3 is 1.60 bits per heavy atom. The summed E-state index contributed by atoms with van der Waals surface area (Å²) in [4.78, 5) is 8.67. The Morgan fingerprint density at radius 1 is 1.27 bits per heavy atom. The van der Waals surface area contributed by atoms with E-state index in [1.807, 2.05) is 0 Å². The number of rotatable bonds is 5. The van der Waals surface area contributed by atoms with Gasteiger partial charge in [-0.2, -0.15) is 0 Å². The average Bonchev–Trinajstić information content (AvgIpc) is 2.14. The van der Waals surface area contributed by atoms with Crippen LogP contribution >= 0.6 is 0 Å². The lowest BCUT2D eigenvalue weighted by molar-refractivity contribution is -0.923. The van der Waals surface area contributed by atoms with Gasteiger partial charge < -0.3 is 49.2 Å². The third-order valence-electron chi connectivity index (χ3n) is 2.59. The number of likely N-dealkylation sites (N-methyl/N-ethyl adjacent to an activating group) is 1. The molecule has 0 aromatic carbocycles. The summed E-state index contributed by atoms with van der Waals surface area (Å²) in [5.41, 5.74) is 3.92. The SMILES string of the molecule is CC[N+](CC)(CC)CCO.NC(=O)[O-].[I-]. The minimum Gasteiger partial charge on any atom is -1.00 e. The van der Waals surface area contributed by atoms with Gasteiger partial charge in [0.05, 0.1) is 26.2 Å². The standard InChI is InChI=1S/C8H20NO.CH3NO2.HI/c1-4-9(5-2,6-3)7-8-10;2-1(3)4;/h10H,4-8H2,1-3H3;2H2,(H,3,4);1H/q+1;;/p-2. The van der Waals surface area contributed by atoms with Gasteiger partial charge in [-0.1, -0.05) is 0 Å². The maximum absolute atomic E-state index is 8.78. The van der Waals surface area contributed by atoms with Crippen molar-refractivity contribution >= 4 is 6.09 Å². The molecule has 0 radical (unpaired) electrons. The summed E-state index contributed by atoms with van der Waals surface area (Å²) in [5, 5.41) is 17.4. The molecule has 0 bridgehead atoms. The number of nitrogens with zero attached hydrogens (tertiary/aromatic N) is 1. The first kappa shape index (κ1) is 20.3. The van der Waals surface area contributed by atoms with E-state index in [1.165, 1.54) is 0 Å². The number of carbonyl (C=O) groups excluding carboxylic acids is 1. The summed E-state index contributed by atoms with van der Waals surface area (Å²) >= 11 is 0. The van der Waals surface area contributed by atoms with Crippen molar-refractivity contribution < 1.29 is 43.5 Å². The first-order valence-corrected chi connectivity index (χ1v) is 4.90. The average molecular weight is 333 g/mol. The first-order valence-electron chi connectivity index (χ1n) is 4.90. The van der Waals surface area contributed by atoms with Crippen molar-refractivity contribution in [1.29, 1.82) is 0 Å². The molecule has 0 spiro atoms. The third kappa shape index (κ3) is 11.8. The smallest absolute Gasteiger partial charge is 0.131 e. The molecule has 0 rings (SSSR count). The van der Waals surface area contributed by atoms with E-state index in [2.05, 4.69) is 26.5 Å². The van der Waals surface area contributed by atoms with Crippen molar-refractivity contribution in [2.75, 3.05) is 32.8 Å². The minimum atomic E-state index is -1.58. The fraction of sp³-hybridized carbons (Fsp3) is 0.889. The summed E-state index contributed by atoms with van der Waals surface area (Å²) in [6, 6.07) is 0. The molecule has 0 aromatic heterocycles. The number of nitrogens with two attached hydrogens (primary N) is 1. The van der Waals surface area contributed by atoms with Crippen molar-refractivity contribution in [3.05, 3.63) is 0 Å². The Hall–Kier alpha value is -0.0800. The topological polar surface area (TPSA) is 86.4 Å². The Bertz CT molecular complexity index is 140. The van der Waals surface area contributed by atoms with Gasteiger partial charge in [-0.25, -0.2) is 0 Å². The molecule has 94 valence electrons. The molecule has 0 heterocycles. The Labute approximate surface area is 109 Å². The third-order valence-corrected chi connectivity index (χ3v) is 2.59.